The standard InChI is InChI=1S/C13H11F2N3O2S/c1-7-4-11(19)18-13(16-7)21-6-12(20)17-10-3-2-8(14)5-9(10)15/h2-5H,6H2,1H3,(H,17,20)(H,16,18,19). The maximum absolute atomic E-state index is 13.4. The van der Waals surface area contributed by atoms with Crippen molar-refractivity contribution < 1.29 is 13.6 Å². The van der Waals surface area contributed by atoms with Crippen molar-refractivity contribution in [2.75, 3.05) is 11.1 Å². The fraction of sp³-hybridized carbons (Fsp3) is 0.154. The van der Waals surface area contributed by atoms with Gasteiger partial charge in [0, 0.05) is 17.8 Å². The molecule has 110 valence electrons. The van der Waals surface area contributed by atoms with Crippen LogP contribution in [0.3, 0.4) is 0 Å². The van der Waals surface area contributed by atoms with E-state index in [-0.39, 0.29) is 17.0 Å². The third kappa shape index (κ3) is 4.38. The maximum atomic E-state index is 13.4. The van der Waals surface area contributed by atoms with Crippen LogP contribution in [-0.2, 0) is 4.79 Å². The number of hydrogen-bond acceptors (Lipinski definition) is 4. The fourth-order valence-electron chi connectivity index (χ4n) is 1.53. The smallest absolute Gasteiger partial charge is 0.251 e. The molecule has 0 radical (unpaired) electrons. The van der Waals surface area contributed by atoms with E-state index in [0.717, 1.165) is 23.9 Å². The van der Waals surface area contributed by atoms with Gasteiger partial charge in [0.05, 0.1) is 11.4 Å². The second-order valence-electron chi connectivity index (χ2n) is 4.15. The van der Waals surface area contributed by atoms with Gasteiger partial charge in [0.15, 0.2) is 5.16 Å². The molecule has 0 aliphatic rings. The van der Waals surface area contributed by atoms with Gasteiger partial charge in [-0.1, -0.05) is 11.8 Å². The number of benzene rings is 1. The summed E-state index contributed by atoms with van der Waals surface area (Å²) in [5.41, 5.74) is 0.119. The number of aryl methyl sites for hydroxylation is 1. The van der Waals surface area contributed by atoms with Crippen molar-refractivity contribution in [3.63, 3.8) is 0 Å². The first-order chi connectivity index (χ1) is 9.94. The summed E-state index contributed by atoms with van der Waals surface area (Å²) >= 11 is 1.01. The molecule has 0 unspecified atom stereocenters. The molecule has 0 saturated carbocycles. The quantitative estimate of drug-likeness (QED) is 0.670. The molecule has 1 amide bonds. The molecular weight excluding hydrogens is 300 g/mol. The first-order valence-corrected chi connectivity index (χ1v) is 6.88. The number of carbonyl (C=O) groups excluding carboxylic acids is 1. The van der Waals surface area contributed by atoms with Gasteiger partial charge in [0.1, 0.15) is 11.6 Å². The number of thioether (sulfide) groups is 1. The molecule has 5 nitrogen and oxygen atoms in total. The van der Waals surface area contributed by atoms with Crippen LogP contribution >= 0.6 is 11.8 Å². The molecule has 2 rings (SSSR count). The lowest BCUT2D eigenvalue weighted by Crippen LogP contribution is -2.16. The fourth-order valence-corrected chi connectivity index (χ4v) is 2.25. The topological polar surface area (TPSA) is 74.8 Å². The highest BCUT2D eigenvalue weighted by Crippen LogP contribution is 2.16. The van der Waals surface area contributed by atoms with Gasteiger partial charge in [-0.15, -0.1) is 0 Å². The zero-order valence-electron chi connectivity index (χ0n) is 10.9. The van der Waals surface area contributed by atoms with E-state index in [9.17, 15) is 18.4 Å². The summed E-state index contributed by atoms with van der Waals surface area (Å²) in [6.45, 7) is 1.66. The number of halogens is 2. The van der Waals surface area contributed by atoms with Gasteiger partial charge < -0.3 is 10.3 Å². The van der Waals surface area contributed by atoms with Crippen molar-refractivity contribution in [2.45, 2.75) is 12.1 Å². The average molecular weight is 311 g/mol. The van der Waals surface area contributed by atoms with Gasteiger partial charge in [-0.25, -0.2) is 13.8 Å². The Morgan fingerprint density at radius 1 is 1.38 bits per heavy atom. The van der Waals surface area contributed by atoms with Gasteiger partial charge in [-0.3, -0.25) is 9.59 Å². The molecule has 2 aromatic rings. The van der Waals surface area contributed by atoms with Crippen LogP contribution in [0.4, 0.5) is 14.5 Å². The van der Waals surface area contributed by atoms with Crippen LogP contribution in [0.5, 0.6) is 0 Å². The van der Waals surface area contributed by atoms with E-state index in [1.807, 2.05) is 0 Å². The first kappa shape index (κ1) is 15.2. The van der Waals surface area contributed by atoms with Gasteiger partial charge in [0.25, 0.3) is 5.56 Å². The highest BCUT2D eigenvalue weighted by Gasteiger charge is 2.09. The molecular formula is C13H11F2N3O2S. The molecule has 0 aliphatic carbocycles. The SMILES string of the molecule is Cc1cc(=O)[nH]c(SCC(=O)Nc2ccc(F)cc2F)n1. The van der Waals surface area contributed by atoms with Crippen molar-refractivity contribution in [3.05, 3.63) is 51.9 Å². The molecule has 2 N–H and O–H groups in total. The molecule has 1 aromatic carbocycles. The number of rotatable bonds is 4. The minimum atomic E-state index is -0.851. The monoisotopic (exact) mass is 311 g/mol. The number of nitrogens with zero attached hydrogens (tertiary/aromatic N) is 1. The van der Waals surface area contributed by atoms with E-state index in [2.05, 4.69) is 15.3 Å². The summed E-state index contributed by atoms with van der Waals surface area (Å²) in [5, 5.41) is 2.62. The van der Waals surface area contributed by atoms with Crippen molar-refractivity contribution in [3.8, 4) is 0 Å². The summed E-state index contributed by atoms with van der Waals surface area (Å²) in [6.07, 6.45) is 0. The van der Waals surface area contributed by atoms with Gasteiger partial charge in [0.2, 0.25) is 5.91 Å². The van der Waals surface area contributed by atoms with E-state index < -0.39 is 17.5 Å². The largest absolute Gasteiger partial charge is 0.323 e. The number of amides is 1. The summed E-state index contributed by atoms with van der Waals surface area (Å²) < 4.78 is 26.1. The minimum Gasteiger partial charge on any atom is -0.323 e. The van der Waals surface area contributed by atoms with E-state index >= 15 is 0 Å². The zero-order chi connectivity index (χ0) is 15.4. The van der Waals surface area contributed by atoms with E-state index in [1.54, 1.807) is 6.92 Å². The van der Waals surface area contributed by atoms with Crippen molar-refractivity contribution in [1.82, 2.24) is 9.97 Å². The number of aromatic nitrogens is 2. The summed E-state index contributed by atoms with van der Waals surface area (Å²) in [4.78, 5) is 29.4. The number of carbonyl (C=O) groups is 1. The predicted octanol–water partition coefficient (Wildman–Crippen LogP) is 2.09. The number of hydrogen-bond donors (Lipinski definition) is 2. The molecule has 0 spiro atoms. The number of nitrogens with one attached hydrogen (secondary N) is 2. The molecule has 0 fully saturated rings. The molecule has 8 heteroatoms. The minimum absolute atomic E-state index is 0.0663. The molecule has 1 heterocycles. The predicted molar refractivity (Wildman–Crippen MR) is 75.3 cm³/mol. The Labute approximate surface area is 122 Å². The number of anilines is 1. The van der Waals surface area contributed by atoms with Crippen molar-refractivity contribution in [2.24, 2.45) is 0 Å². The maximum Gasteiger partial charge on any atom is 0.251 e. The normalized spacial score (nSPS) is 10.4. The number of aromatic amines is 1. The van der Waals surface area contributed by atoms with Crippen molar-refractivity contribution in [1.29, 1.82) is 0 Å². The third-order valence-corrected chi connectivity index (χ3v) is 3.27. The summed E-state index contributed by atoms with van der Waals surface area (Å²) in [7, 11) is 0. The second kappa shape index (κ2) is 6.49. The van der Waals surface area contributed by atoms with Crippen LogP contribution in [0, 0.1) is 18.6 Å². The van der Waals surface area contributed by atoms with E-state index in [1.165, 1.54) is 6.07 Å². The Morgan fingerprint density at radius 3 is 2.81 bits per heavy atom. The van der Waals surface area contributed by atoms with E-state index in [4.69, 9.17) is 0 Å². The van der Waals surface area contributed by atoms with Crippen LogP contribution in [0.25, 0.3) is 0 Å². The van der Waals surface area contributed by atoms with Crippen LogP contribution in [0.15, 0.2) is 34.2 Å². The summed E-state index contributed by atoms with van der Waals surface area (Å²) in [6, 6.07) is 4.20. The number of H-pyrrole nitrogens is 1. The Morgan fingerprint density at radius 2 is 2.14 bits per heavy atom. The highest BCUT2D eigenvalue weighted by molar-refractivity contribution is 7.99. The first-order valence-electron chi connectivity index (χ1n) is 5.90. The molecule has 0 saturated heterocycles. The average Bonchev–Trinajstić information content (AvgIpc) is 2.39. The molecule has 0 atom stereocenters. The van der Waals surface area contributed by atoms with Gasteiger partial charge in [-0.05, 0) is 19.1 Å². The molecule has 1 aromatic heterocycles. The second-order valence-corrected chi connectivity index (χ2v) is 5.12. The molecule has 21 heavy (non-hydrogen) atoms. The lowest BCUT2D eigenvalue weighted by molar-refractivity contribution is -0.113. The lowest BCUT2D eigenvalue weighted by Gasteiger charge is -2.06. The van der Waals surface area contributed by atoms with E-state index in [0.29, 0.717) is 16.9 Å². The van der Waals surface area contributed by atoms with Crippen LogP contribution in [0.1, 0.15) is 5.69 Å². The van der Waals surface area contributed by atoms with Crippen LogP contribution in [0.2, 0.25) is 0 Å². The Bertz CT molecular complexity index is 734. The highest BCUT2D eigenvalue weighted by atomic mass is 32.2. The molecule has 0 aliphatic heterocycles. The van der Waals surface area contributed by atoms with Gasteiger partial charge in [-0.2, -0.15) is 0 Å². The van der Waals surface area contributed by atoms with Crippen LogP contribution < -0.4 is 10.9 Å². The van der Waals surface area contributed by atoms with Crippen LogP contribution in [-0.4, -0.2) is 21.6 Å². The lowest BCUT2D eigenvalue weighted by atomic mass is 10.3. The van der Waals surface area contributed by atoms with Crippen molar-refractivity contribution >= 4 is 23.4 Å². The zero-order valence-corrected chi connectivity index (χ0v) is 11.8. The third-order valence-electron chi connectivity index (χ3n) is 2.39. The Kier molecular flexibility index (Phi) is 4.69. The summed E-state index contributed by atoms with van der Waals surface area (Å²) in [5.74, 6) is -2.13. The Hall–Kier alpha value is -2.22. The Balaban J connectivity index is 1.97. The molecule has 0 bridgehead atoms. The van der Waals surface area contributed by atoms with Gasteiger partial charge >= 0.3 is 0 Å².